The Labute approximate surface area is 218 Å². The lowest BCUT2D eigenvalue weighted by atomic mass is 10.1. The first kappa shape index (κ1) is 27.4. The van der Waals surface area contributed by atoms with E-state index in [0.717, 1.165) is 0 Å². The number of hydroxylamine groups is 1. The first-order valence-corrected chi connectivity index (χ1v) is 11.3. The molecule has 1 atom stereocenters. The Morgan fingerprint density at radius 1 is 0.895 bits per heavy atom. The Balaban J connectivity index is 1.50. The van der Waals surface area contributed by atoms with Gasteiger partial charge in [0.15, 0.2) is 0 Å². The van der Waals surface area contributed by atoms with Gasteiger partial charge in [-0.2, -0.15) is 0 Å². The largest absolute Gasteiger partial charge is 0.374 e. The van der Waals surface area contributed by atoms with E-state index in [-0.39, 0.29) is 24.7 Å². The molecule has 0 heterocycles. The third kappa shape index (κ3) is 8.21. The van der Waals surface area contributed by atoms with Crippen LogP contribution in [0, 0.1) is 29.5 Å². The maximum atomic E-state index is 13.6. The van der Waals surface area contributed by atoms with Gasteiger partial charge in [-0.1, -0.05) is 24.0 Å². The summed E-state index contributed by atoms with van der Waals surface area (Å²) in [5, 5.41) is 16.6. The van der Waals surface area contributed by atoms with Crippen LogP contribution in [0.5, 0.6) is 0 Å². The molecule has 3 rings (SSSR count). The predicted octanol–water partition coefficient (Wildman–Crippen LogP) is 1.84. The van der Waals surface area contributed by atoms with Gasteiger partial charge in [0.2, 0.25) is 5.91 Å². The van der Waals surface area contributed by atoms with E-state index in [4.69, 9.17) is 10.9 Å². The standard InChI is InChI=1S/C28H24FN5O4/c29-23-7-3-4-8-24(23)31-18-26(35)32-22-15-11-20(12-16-22)6-2-1-5-19-9-13-21(14-10-19)27(36)33-25(17-30)28(37)34-38/h3-4,7-16,25,31,38H,17-18,30H2,(H,32,35)(H,33,36)(H,34,37)/t25-/m0/s1. The minimum absolute atomic E-state index is 0.0845. The molecule has 0 fully saturated rings. The topological polar surface area (TPSA) is 146 Å². The average Bonchev–Trinajstić information content (AvgIpc) is 2.94. The molecule has 9 nitrogen and oxygen atoms in total. The quantitative estimate of drug-likeness (QED) is 0.154. The summed E-state index contributed by atoms with van der Waals surface area (Å²) >= 11 is 0. The van der Waals surface area contributed by atoms with Crippen LogP contribution in [0.15, 0.2) is 72.8 Å². The van der Waals surface area contributed by atoms with Gasteiger partial charge in [-0.05, 0) is 72.5 Å². The highest BCUT2D eigenvalue weighted by molar-refractivity contribution is 5.97. The van der Waals surface area contributed by atoms with Gasteiger partial charge in [0.25, 0.3) is 11.8 Å². The minimum Gasteiger partial charge on any atom is -0.374 e. The Kier molecular flexibility index (Phi) is 9.96. The molecule has 0 bridgehead atoms. The fourth-order valence-electron chi connectivity index (χ4n) is 3.08. The lowest BCUT2D eigenvalue weighted by molar-refractivity contribution is -0.130. The van der Waals surface area contributed by atoms with Crippen LogP contribution < -0.4 is 27.2 Å². The van der Waals surface area contributed by atoms with Crippen molar-refractivity contribution in [1.82, 2.24) is 10.8 Å². The van der Waals surface area contributed by atoms with Gasteiger partial charge in [-0.15, -0.1) is 0 Å². The Bertz CT molecular complexity index is 1420. The molecule has 10 heteroatoms. The van der Waals surface area contributed by atoms with Crippen molar-refractivity contribution in [1.29, 1.82) is 0 Å². The second-order valence-corrected chi connectivity index (χ2v) is 7.77. The highest BCUT2D eigenvalue weighted by atomic mass is 19.1. The van der Waals surface area contributed by atoms with E-state index >= 15 is 0 Å². The predicted molar refractivity (Wildman–Crippen MR) is 140 cm³/mol. The third-order valence-electron chi connectivity index (χ3n) is 5.07. The van der Waals surface area contributed by atoms with Gasteiger partial charge in [0, 0.05) is 28.9 Å². The average molecular weight is 514 g/mol. The van der Waals surface area contributed by atoms with Crippen molar-refractivity contribution < 1.29 is 24.0 Å². The highest BCUT2D eigenvalue weighted by Crippen LogP contribution is 2.12. The molecular weight excluding hydrogens is 489 g/mol. The van der Waals surface area contributed by atoms with Crippen molar-refractivity contribution in [3.63, 3.8) is 0 Å². The van der Waals surface area contributed by atoms with Gasteiger partial charge in [-0.25, -0.2) is 9.87 Å². The van der Waals surface area contributed by atoms with Crippen LogP contribution >= 0.6 is 0 Å². The number of benzene rings is 3. The summed E-state index contributed by atoms with van der Waals surface area (Å²) in [7, 11) is 0. The SMILES string of the molecule is NC[C@H](NC(=O)c1ccc(C#CC#Cc2ccc(NC(=O)CNc3ccccc3F)cc2)cc1)C(=O)NO. The normalized spacial score (nSPS) is 10.5. The van der Waals surface area contributed by atoms with E-state index in [2.05, 4.69) is 39.6 Å². The van der Waals surface area contributed by atoms with Crippen LogP contribution in [0.4, 0.5) is 15.8 Å². The zero-order valence-electron chi connectivity index (χ0n) is 20.0. The molecule has 0 saturated heterocycles. The highest BCUT2D eigenvalue weighted by Gasteiger charge is 2.19. The first-order chi connectivity index (χ1) is 18.4. The lowest BCUT2D eigenvalue weighted by Crippen LogP contribution is -2.50. The molecule has 38 heavy (non-hydrogen) atoms. The van der Waals surface area contributed by atoms with E-state index in [1.807, 2.05) is 0 Å². The number of carbonyl (C=O) groups excluding carboxylic acids is 3. The molecule has 0 radical (unpaired) electrons. The Morgan fingerprint density at radius 2 is 1.50 bits per heavy atom. The maximum absolute atomic E-state index is 13.6. The number of halogens is 1. The molecule has 3 aromatic carbocycles. The number of anilines is 2. The van der Waals surface area contributed by atoms with Gasteiger partial charge < -0.3 is 21.7 Å². The number of carbonyl (C=O) groups is 3. The van der Waals surface area contributed by atoms with Crippen LogP contribution in [0.25, 0.3) is 0 Å². The van der Waals surface area contributed by atoms with E-state index in [9.17, 15) is 18.8 Å². The Morgan fingerprint density at radius 3 is 2.08 bits per heavy atom. The summed E-state index contributed by atoms with van der Waals surface area (Å²) < 4.78 is 13.6. The van der Waals surface area contributed by atoms with Gasteiger partial charge in [0.05, 0.1) is 12.2 Å². The van der Waals surface area contributed by atoms with Crippen LogP contribution in [0.2, 0.25) is 0 Å². The second-order valence-electron chi connectivity index (χ2n) is 7.77. The number of rotatable bonds is 8. The fraction of sp³-hybridized carbons (Fsp3) is 0.107. The number of amides is 3. The molecule has 0 aliphatic heterocycles. The molecule has 192 valence electrons. The number of para-hydroxylation sites is 1. The van der Waals surface area contributed by atoms with Crippen molar-refractivity contribution in [2.45, 2.75) is 6.04 Å². The van der Waals surface area contributed by atoms with Crippen molar-refractivity contribution >= 4 is 29.1 Å². The van der Waals surface area contributed by atoms with Crippen molar-refractivity contribution in [3.05, 3.63) is 95.3 Å². The van der Waals surface area contributed by atoms with Gasteiger partial charge in [0.1, 0.15) is 11.9 Å². The van der Waals surface area contributed by atoms with Crippen molar-refractivity contribution in [3.8, 4) is 23.7 Å². The number of hydrogen-bond acceptors (Lipinski definition) is 6. The monoisotopic (exact) mass is 513 g/mol. The second kappa shape index (κ2) is 13.8. The fourth-order valence-corrected chi connectivity index (χ4v) is 3.08. The van der Waals surface area contributed by atoms with Crippen molar-refractivity contribution in [2.24, 2.45) is 5.73 Å². The zero-order valence-corrected chi connectivity index (χ0v) is 20.0. The van der Waals surface area contributed by atoms with Crippen LogP contribution in [-0.2, 0) is 9.59 Å². The number of hydrogen-bond donors (Lipinski definition) is 6. The maximum Gasteiger partial charge on any atom is 0.267 e. The smallest absolute Gasteiger partial charge is 0.267 e. The number of nitrogens with one attached hydrogen (secondary N) is 4. The molecular formula is C28H24FN5O4. The van der Waals surface area contributed by atoms with Crippen LogP contribution in [0.3, 0.4) is 0 Å². The molecule has 0 spiro atoms. The summed E-state index contributed by atoms with van der Waals surface area (Å²) in [5.74, 6) is 9.14. The van der Waals surface area contributed by atoms with Crippen LogP contribution in [-0.4, -0.2) is 42.1 Å². The Hall–Kier alpha value is -5.16. The van der Waals surface area contributed by atoms with E-state index in [0.29, 0.717) is 22.4 Å². The summed E-state index contributed by atoms with van der Waals surface area (Å²) in [6.07, 6.45) is 0. The molecule has 3 amide bonds. The van der Waals surface area contributed by atoms with Crippen molar-refractivity contribution in [2.75, 3.05) is 23.7 Å². The molecule has 0 aliphatic carbocycles. The molecule has 3 aromatic rings. The van der Waals surface area contributed by atoms with E-state index in [1.165, 1.54) is 23.7 Å². The summed E-state index contributed by atoms with van der Waals surface area (Å²) in [6, 6.07) is 18.2. The third-order valence-corrected chi connectivity index (χ3v) is 5.07. The van der Waals surface area contributed by atoms with E-state index in [1.54, 1.807) is 54.6 Å². The van der Waals surface area contributed by atoms with E-state index < -0.39 is 23.7 Å². The zero-order chi connectivity index (χ0) is 27.3. The first-order valence-electron chi connectivity index (χ1n) is 11.3. The summed E-state index contributed by atoms with van der Waals surface area (Å²) in [5.41, 5.74) is 9.30. The molecule has 7 N–H and O–H groups in total. The lowest BCUT2D eigenvalue weighted by Gasteiger charge is -2.14. The molecule has 0 saturated carbocycles. The van der Waals surface area contributed by atoms with Crippen LogP contribution in [0.1, 0.15) is 21.5 Å². The molecule has 0 unspecified atom stereocenters. The molecule has 0 aromatic heterocycles. The van der Waals surface area contributed by atoms with Gasteiger partial charge >= 0.3 is 0 Å². The summed E-state index contributed by atoms with van der Waals surface area (Å²) in [6.45, 7) is -0.259. The summed E-state index contributed by atoms with van der Waals surface area (Å²) in [4.78, 5) is 35.7. The number of nitrogens with two attached hydrogens (primary N) is 1. The molecule has 0 aliphatic rings. The van der Waals surface area contributed by atoms with Gasteiger partial charge in [-0.3, -0.25) is 19.6 Å². The minimum atomic E-state index is -1.06.